The van der Waals surface area contributed by atoms with Gasteiger partial charge in [-0.2, -0.15) is 13.2 Å². The summed E-state index contributed by atoms with van der Waals surface area (Å²) in [5.74, 6) is -0.547. The van der Waals surface area contributed by atoms with Crippen LogP contribution in [0.25, 0.3) is 22.5 Å². The first-order valence-electron chi connectivity index (χ1n) is 14.6. The molecule has 0 saturated carbocycles. The van der Waals surface area contributed by atoms with Crippen molar-refractivity contribution in [3.8, 4) is 22.5 Å². The zero-order valence-corrected chi connectivity index (χ0v) is 36.4. The smallest absolute Gasteiger partial charge is 0.255 e. The second-order valence-electron chi connectivity index (χ2n) is 10.9. The van der Waals surface area contributed by atoms with Crippen LogP contribution in [0, 0.1) is 12.7 Å². The molecule has 0 radical (unpaired) electrons. The maximum atomic E-state index is 14.0. The molecule has 0 aliphatic heterocycles. The highest BCUT2D eigenvalue weighted by Crippen LogP contribution is 2.42. The summed E-state index contributed by atoms with van der Waals surface area (Å²) in [6, 6.07) is 10.9. The summed E-state index contributed by atoms with van der Waals surface area (Å²) < 4.78 is 108. The number of halogens is 12. The van der Waals surface area contributed by atoms with Crippen LogP contribution < -0.4 is 9.44 Å². The lowest BCUT2D eigenvalue weighted by Crippen LogP contribution is -2.14. The monoisotopic (exact) mass is 1000 g/mol. The molecule has 0 bridgehead atoms. The van der Waals surface area contributed by atoms with Gasteiger partial charge in [0.15, 0.2) is 10.3 Å². The minimum Gasteiger partial charge on any atom is -0.255 e. The fourth-order valence-electron chi connectivity index (χ4n) is 4.74. The van der Waals surface area contributed by atoms with Gasteiger partial charge in [-0.1, -0.05) is 98.9 Å². The minimum atomic E-state index is -4.63. The lowest BCUT2D eigenvalue weighted by molar-refractivity contribution is -0.137. The molecule has 296 valence electrons. The average molecular weight is 1010 g/mol. The van der Waals surface area contributed by atoms with Crippen molar-refractivity contribution in [2.45, 2.75) is 22.9 Å². The van der Waals surface area contributed by atoms with Crippen molar-refractivity contribution in [3.05, 3.63) is 122 Å². The van der Waals surface area contributed by atoms with Crippen molar-refractivity contribution in [1.29, 1.82) is 0 Å². The van der Waals surface area contributed by atoms with E-state index in [1.165, 1.54) is 53.2 Å². The van der Waals surface area contributed by atoms with Crippen molar-refractivity contribution < 1.29 is 34.4 Å². The number of hydrogen-bond donors (Lipinski definition) is 2. The Labute approximate surface area is 364 Å². The number of hydrogen-bond acceptors (Lipinski definition) is 8. The van der Waals surface area contributed by atoms with E-state index in [1.54, 1.807) is 6.92 Å². The molecule has 6 aromatic rings. The molecule has 0 aliphatic rings. The maximum Gasteiger partial charge on any atom is 0.416 e. The van der Waals surface area contributed by atoms with Crippen LogP contribution in [0.5, 0.6) is 0 Å². The fourth-order valence-corrected chi connectivity index (χ4v) is 12.3. The number of aromatic nitrogens is 2. The SMILES string of the molecule is Cc1cc(Cl)cc(Cl)c1S(=O)(=O)Nc1nc(-c2c(F)cccc2Cl)cs1.O=S(=O)(Nc1nc(-c2c(Cl)cc(C(F)(F)F)cc2Cl)cs1)c1c(Cl)cc(Cl)cc1Cl. The molecule has 4 aromatic carbocycles. The molecule has 0 spiro atoms. The highest BCUT2D eigenvalue weighted by Gasteiger charge is 2.33. The number of rotatable bonds is 8. The number of sulfonamides is 2. The molecule has 0 amide bonds. The summed E-state index contributed by atoms with van der Waals surface area (Å²) in [4.78, 5) is 7.67. The van der Waals surface area contributed by atoms with Crippen molar-refractivity contribution in [1.82, 2.24) is 9.97 Å². The van der Waals surface area contributed by atoms with Gasteiger partial charge in [0, 0.05) is 26.4 Å². The Hall–Kier alpha value is -2.32. The molecular weight excluding hydrogens is 992 g/mol. The van der Waals surface area contributed by atoms with E-state index in [-0.39, 0.29) is 72.8 Å². The Kier molecular flexibility index (Phi) is 14.0. The summed E-state index contributed by atoms with van der Waals surface area (Å²) in [5, 5.41) is 2.50. The second kappa shape index (κ2) is 17.5. The third kappa shape index (κ3) is 10.3. The van der Waals surface area contributed by atoms with Gasteiger partial charge in [-0.05, 0) is 61.0 Å². The van der Waals surface area contributed by atoms with E-state index in [1.807, 2.05) is 0 Å². The zero-order chi connectivity index (χ0) is 41.5. The van der Waals surface area contributed by atoms with Crippen LogP contribution in [0.15, 0.2) is 75.1 Å². The number of nitrogens with zero attached hydrogens (tertiary/aromatic N) is 2. The average Bonchev–Trinajstić information content (AvgIpc) is 3.68. The standard InChI is InChI=1S/C16H6Cl5F3N2O2S2.C16H10Cl3FN2O2S2/c17-7-3-10(20)14(11(21)4-7)30(27,28)26-15-25-12(5-29-15)13-8(18)1-6(2-9(13)19)16(22,23)24;1-8-5-9(17)6-11(19)15(8)26(23,24)22-16-21-13(7-25-16)14-10(18)3-2-4-12(14)20/h1-5H,(H,25,26);2-7H,1H3,(H,21,22). The molecule has 0 saturated heterocycles. The van der Waals surface area contributed by atoms with Crippen molar-refractivity contribution in [2.75, 3.05) is 9.44 Å². The predicted octanol–water partition coefficient (Wildman–Crippen LogP) is 13.9. The molecule has 0 atom stereocenters. The number of anilines is 2. The van der Waals surface area contributed by atoms with Crippen molar-refractivity contribution in [3.63, 3.8) is 0 Å². The molecule has 8 nitrogen and oxygen atoms in total. The quantitative estimate of drug-likeness (QED) is 0.147. The van der Waals surface area contributed by atoms with Gasteiger partial charge >= 0.3 is 6.18 Å². The Balaban J connectivity index is 0.000000216. The van der Waals surface area contributed by atoms with E-state index in [0.29, 0.717) is 22.7 Å². The van der Waals surface area contributed by atoms with Gasteiger partial charge in [0.1, 0.15) is 15.6 Å². The van der Waals surface area contributed by atoms with Gasteiger partial charge < -0.3 is 0 Å². The number of aryl methyl sites for hydroxylation is 1. The molecule has 2 N–H and O–H groups in total. The van der Waals surface area contributed by atoms with Crippen LogP contribution in [0.3, 0.4) is 0 Å². The largest absolute Gasteiger partial charge is 0.416 e. The van der Waals surface area contributed by atoms with Crippen LogP contribution in [-0.2, 0) is 26.2 Å². The van der Waals surface area contributed by atoms with Gasteiger partial charge in [0.2, 0.25) is 0 Å². The Morgan fingerprint density at radius 2 is 1.05 bits per heavy atom. The van der Waals surface area contributed by atoms with E-state index < -0.39 is 42.5 Å². The van der Waals surface area contributed by atoms with Gasteiger partial charge in [0.05, 0.1) is 52.7 Å². The first kappa shape index (κ1) is 44.8. The number of nitrogens with one attached hydrogen (secondary N) is 2. The second-order valence-corrected chi connectivity index (χ2v) is 19.2. The summed E-state index contributed by atoms with van der Waals surface area (Å²) >= 11 is 49.4. The van der Waals surface area contributed by atoms with Crippen LogP contribution in [-0.4, -0.2) is 26.8 Å². The van der Waals surface area contributed by atoms with Gasteiger partial charge in [-0.15, -0.1) is 22.7 Å². The first-order chi connectivity index (χ1) is 26.0. The molecule has 0 aliphatic carbocycles. The summed E-state index contributed by atoms with van der Waals surface area (Å²) in [7, 11) is -8.25. The van der Waals surface area contributed by atoms with Crippen LogP contribution in [0.2, 0.25) is 40.2 Å². The highest BCUT2D eigenvalue weighted by molar-refractivity contribution is 7.93. The van der Waals surface area contributed by atoms with Crippen molar-refractivity contribution in [2.24, 2.45) is 0 Å². The van der Waals surface area contributed by atoms with Crippen LogP contribution in [0.1, 0.15) is 11.1 Å². The zero-order valence-electron chi connectivity index (χ0n) is 27.0. The van der Waals surface area contributed by atoms with E-state index in [0.717, 1.165) is 22.7 Å². The lowest BCUT2D eigenvalue weighted by atomic mass is 10.1. The molecule has 56 heavy (non-hydrogen) atoms. The Morgan fingerprint density at radius 1 is 0.607 bits per heavy atom. The highest BCUT2D eigenvalue weighted by atomic mass is 35.5. The van der Waals surface area contributed by atoms with E-state index in [2.05, 4.69) is 19.4 Å². The van der Waals surface area contributed by atoms with Gasteiger partial charge in [0.25, 0.3) is 20.0 Å². The molecule has 2 aromatic heterocycles. The minimum absolute atomic E-state index is 0.00331. The number of alkyl halides is 3. The molecule has 6 rings (SSSR count). The summed E-state index contributed by atoms with van der Waals surface area (Å²) in [5.41, 5.74) is -0.190. The van der Waals surface area contributed by atoms with Crippen LogP contribution >= 0.6 is 115 Å². The molecule has 2 heterocycles. The van der Waals surface area contributed by atoms with E-state index in [4.69, 9.17) is 92.8 Å². The molecular formula is C32H16Cl8F4N4O4S4. The van der Waals surface area contributed by atoms with Gasteiger partial charge in [-0.3, -0.25) is 9.44 Å². The Bertz CT molecular complexity index is 2630. The Morgan fingerprint density at radius 3 is 1.52 bits per heavy atom. The molecule has 0 fully saturated rings. The first-order valence-corrected chi connectivity index (χ1v) is 22.3. The predicted molar refractivity (Wildman–Crippen MR) is 219 cm³/mol. The normalized spacial score (nSPS) is 11.9. The maximum absolute atomic E-state index is 14.0. The van der Waals surface area contributed by atoms with Gasteiger partial charge in [-0.25, -0.2) is 31.2 Å². The third-order valence-electron chi connectivity index (χ3n) is 6.99. The fraction of sp³-hybridized carbons (Fsp3) is 0.0625. The summed E-state index contributed by atoms with van der Waals surface area (Å²) in [6.07, 6.45) is -4.63. The molecule has 0 unspecified atom stereocenters. The number of thiazole rings is 2. The third-order valence-corrected chi connectivity index (χ3v) is 14.3. The van der Waals surface area contributed by atoms with E-state index >= 15 is 0 Å². The molecule has 24 heteroatoms. The van der Waals surface area contributed by atoms with Crippen LogP contribution in [0.4, 0.5) is 27.8 Å². The summed E-state index contributed by atoms with van der Waals surface area (Å²) in [6.45, 7) is 1.58. The van der Waals surface area contributed by atoms with E-state index in [9.17, 15) is 34.4 Å². The lowest BCUT2D eigenvalue weighted by Gasteiger charge is -2.11. The van der Waals surface area contributed by atoms with Crippen molar-refractivity contribution >= 4 is 146 Å². The number of benzene rings is 4. The topological polar surface area (TPSA) is 118 Å².